The number of hydrogen-bond donors (Lipinski definition) is 1. The van der Waals surface area contributed by atoms with Gasteiger partial charge in [-0.3, -0.25) is 0 Å². The van der Waals surface area contributed by atoms with Gasteiger partial charge in [0.2, 0.25) is 0 Å². The Morgan fingerprint density at radius 2 is 1.88 bits per heavy atom. The molecule has 1 aliphatic rings. The maximum absolute atomic E-state index is 9.36. The van der Waals surface area contributed by atoms with Gasteiger partial charge in [-0.05, 0) is 38.1 Å². The van der Waals surface area contributed by atoms with E-state index >= 15 is 0 Å². The third kappa shape index (κ3) is 4.02. The molecule has 1 heterocycles. The molecule has 0 amide bonds. The van der Waals surface area contributed by atoms with Crippen LogP contribution < -0.4 is 4.74 Å². The van der Waals surface area contributed by atoms with E-state index in [9.17, 15) is 5.11 Å². The minimum atomic E-state index is 0.198. The molecular weight excluding hydrogens is 214 g/mol. The van der Waals surface area contributed by atoms with Crippen LogP contribution in [0.25, 0.3) is 0 Å². The highest BCUT2D eigenvalue weighted by Gasteiger charge is 2.17. The van der Waals surface area contributed by atoms with Gasteiger partial charge in [0.25, 0.3) is 0 Å². The normalized spacial score (nSPS) is 18.2. The van der Waals surface area contributed by atoms with E-state index in [0.29, 0.717) is 6.61 Å². The Labute approximate surface area is 103 Å². The Balaban J connectivity index is 1.75. The van der Waals surface area contributed by atoms with Gasteiger partial charge in [-0.25, -0.2) is 0 Å². The third-order valence-electron chi connectivity index (χ3n) is 3.20. The zero-order valence-corrected chi connectivity index (χ0v) is 10.2. The quantitative estimate of drug-likeness (QED) is 0.815. The van der Waals surface area contributed by atoms with Crippen LogP contribution in [-0.2, 0) is 0 Å². The van der Waals surface area contributed by atoms with Crippen molar-refractivity contribution in [2.45, 2.75) is 12.8 Å². The summed E-state index contributed by atoms with van der Waals surface area (Å²) in [6.07, 6.45) is 2.58. The molecule has 94 valence electrons. The van der Waals surface area contributed by atoms with Crippen molar-refractivity contribution < 1.29 is 9.84 Å². The van der Waals surface area contributed by atoms with Gasteiger partial charge in [-0.1, -0.05) is 18.2 Å². The van der Waals surface area contributed by atoms with Crippen molar-refractivity contribution in [2.24, 2.45) is 5.92 Å². The average Bonchev–Trinajstić information content (AvgIpc) is 2.88. The number of nitrogens with zero attached hydrogens (tertiary/aromatic N) is 1. The van der Waals surface area contributed by atoms with Gasteiger partial charge < -0.3 is 14.7 Å². The molecule has 1 N–H and O–H groups in total. The fourth-order valence-corrected chi connectivity index (χ4v) is 2.22. The molecule has 1 saturated heterocycles. The summed E-state index contributed by atoms with van der Waals surface area (Å²) < 4.78 is 5.68. The Morgan fingerprint density at radius 3 is 2.53 bits per heavy atom. The van der Waals surface area contributed by atoms with Crippen LogP contribution >= 0.6 is 0 Å². The van der Waals surface area contributed by atoms with Crippen LogP contribution in [0.15, 0.2) is 30.3 Å². The smallest absolute Gasteiger partial charge is 0.119 e. The SMILES string of the molecule is OCC(COc1ccccc1)CN1CCCC1. The van der Waals surface area contributed by atoms with Crippen molar-refractivity contribution in [3.8, 4) is 5.75 Å². The van der Waals surface area contributed by atoms with Crippen molar-refractivity contribution in [3.05, 3.63) is 30.3 Å². The largest absolute Gasteiger partial charge is 0.493 e. The summed E-state index contributed by atoms with van der Waals surface area (Å²) in [6.45, 7) is 4.08. The lowest BCUT2D eigenvalue weighted by Crippen LogP contribution is -2.32. The molecule has 3 nitrogen and oxygen atoms in total. The first-order valence-electron chi connectivity index (χ1n) is 6.39. The highest BCUT2D eigenvalue weighted by molar-refractivity contribution is 5.20. The van der Waals surface area contributed by atoms with E-state index in [4.69, 9.17) is 4.74 Å². The van der Waals surface area contributed by atoms with Gasteiger partial charge in [0.1, 0.15) is 5.75 Å². The first kappa shape index (κ1) is 12.4. The molecule has 0 radical (unpaired) electrons. The zero-order chi connectivity index (χ0) is 11.9. The topological polar surface area (TPSA) is 32.7 Å². The summed E-state index contributed by atoms with van der Waals surface area (Å²) in [5.41, 5.74) is 0. The van der Waals surface area contributed by atoms with E-state index in [-0.39, 0.29) is 12.5 Å². The second-order valence-corrected chi connectivity index (χ2v) is 4.68. The van der Waals surface area contributed by atoms with Crippen molar-refractivity contribution >= 4 is 0 Å². The maximum atomic E-state index is 9.36. The van der Waals surface area contributed by atoms with Crippen LogP contribution in [0.2, 0.25) is 0 Å². The fraction of sp³-hybridized carbons (Fsp3) is 0.571. The van der Waals surface area contributed by atoms with Crippen molar-refractivity contribution in [3.63, 3.8) is 0 Å². The third-order valence-corrected chi connectivity index (χ3v) is 3.20. The van der Waals surface area contributed by atoms with Crippen LogP contribution in [0.3, 0.4) is 0 Å². The number of ether oxygens (including phenoxy) is 1. The minimum Gasteiger partial charge on any atom is -0.493 e. The van der Waals surface area contributed by atoms with E-state index < -0.39 is 0 Å². The number of rotatable bonds is 6. The summed E-state index contributed by atoms with van der Waals surface area (Å²) in [4.78, 5) is 2.41. The summed E-state index contributed by atoms with van der Waals surface area (Å²) >= 11 is 0. The molecular formula is C14H21NO2. The predicted octanol–water partition coefficient (Wildman–Crippen LogP) is 1.77. The number of hydrogen-bond acceptors (Lipinski definition) is 3. The molecule has 0 saturated carbocycles. The summed E-state index contributed by atoms with van der Waals surface area (Å²) in [5.74, 6) is 1.10. The fourth-order valence-electron chi connectivity index (χ4n) is 2.22. The summed E-state index contributed by atoms with van der Waals surface area (Å²) in [7, 11) is 0. The Bertz CT molecular complexity index is 309. The Hall–Kier alpha value is -1.06. The number of benzene rings is 1. The molecule has 1 atom stereocenters. The first-order valence-corrected chi connectivity index (χ1v) is 6.39. The zero-order valence-electron chi connectivity index (χ0n) is 10.2. The van der Waals surface area contributed by atoms with E-state index in [1.54, 1.807) is 0 Å². The lowest BCUT2D eigenvalue weighted by atomic mass is 10.1. The molecule has 1 unspecified atom stereocenters. The van der Waals surface area contributed by atoms with Crippen molar-refractivity contribution in [1.29, 1.82) is 0 Å². The molecule has 3 heteroatoms. The summed E-state index contributed by atoms with van der Waals surface area (Å²) in [6, 6.07) is 9.79. The molecule has 17 heavy (non-hydrogen) atoms. The van der Waals surface area contributed by atoms with E-state index in [2.05, 4.69) is 4.90 Å². The lowest BCUT2D eigenvalue weighted by molar-refractivity contribution is 0.129. The standard InChI is InChI=1S/C14H21NO2/c16-11-13(10-15-8-4-5-9-15)12-17-14-6-2-1-3-7-14/h1-3,6-7,13,16H,4-5,8-12H2. The van der Waals surface area contributed by atoms with E-state index in [1.807, 2.05) is 30.3 Å². The molecule has 1 aromatic rings. The molecule has 0 bridgehead atoms. The molecule has 1 fully saturated rings. The second kappa shape index (κ2) is 6.62. The number of aliphatic hydroxyl groups is 1. The van der Waals surface area contributed by atoms with Gasteiger partial charge in [0.15, 0.2) is 0 Å². The van der Waals surface area contributed by atoms with Gasteiger partial charge >= 0.3 is 0 Å². The number of para-hydroxylation sites is 1. The molecule has 0 aliphatic carbocycles. The van der Waals surface area contributed by atoms with Crippen LogP contribution in [0.1, 0.15) is 12.8 Å². The Kier molecular flexibility index (Phi) is 4.83. The van der Waals surface area contributed by atoms with E-state index in [0.717, 1.165) is 12.3 Å². The number of likely N-dealkylation sites (tertiary alicyclic amines) is 1. The van der Waals surface area contributed by atoms with Gasteiger partial charge in [-0.15, -0.1) is 0 Å². The van der Waals surface area contributed by atoms with Crippen LogP contribution in [-0.4, -0.2) is 42.9 Å². The molecule has 2 rings (SSSR count). The van der Waals surface area contributed by atoms with Crippen molar-refractivity contribution in [2.75, 3.05) is 32.8 Å². The van der Waals surface area contributed by atoms with E-state index in [1.165, 1.54) is 25.9 Å². The second-order valence-electron chi connectivity index (χ2n) is 4.68. The average molecular weight is 235 g/mol. The van der Waals surface area contributed by atoms with Gasteiger partial charge in [0, 0.05) is 12.5 Å². The monoisotopic (exact) mass is 235 g/mol. The molecule has 0 aromatic heterocycles. The van der Waals surface area contributed by atoms with Crippen molar-refractivity contribution in [1.82, 2.24) is 4.90 Å². The van der Waals surface area contributed by atoms with Crippen LogP contribution in [0, 0.1) is 5.92 Å². The first-order chi connectivity index (χ1) is 8.38. The summed E-state index contributed by atoms with van der Waals surface area (Å²) in [5, 5.41) is 9.36. The molecule has 0 spiro atoms. The van der Waals surface area contributed by atoms with Crippen LogP contribution in [0.5, 0.6) is 5.75 Å². The highest BCUT2D eigenvalue weighted by atomic mass is 16.5. The van der Waals surface area contributed by atoms with Gasteiger partial charge in [0.05, 0.1) is 13.2 Å². The maximum Gasteiger partial charge on any atom is 0.119 e. The minimum absolute atomic E-state index is 0.198. The number of aliphatic hydroxyl groups excluding tert-OH is 1. The molecule has 1 aromatic carbocycles. The van der Waals surface area contributed by atoms with Gasteiger partial charge in [-0.2, -0.15) is 0 Å². The highest BCUT2D eigenvalue weighted by Crippen LogP contribution is 2.13. The lowest BCUT2D eigenvalue weighted by Gasteiger charge is -2.21. The predicted molar refractivity (Wildman–Crippen MR) is 68.2 cm³/mol. The molecule has 1 aliphatic heterocycles. The Morgan fingerprint density at radius 1 is 1.18 bits per heavy atom. The van der Waals surface area contributed by atoms with Crippen LogP contribution in [0.4, 0.5) is 0 Å².